The van der Waals surface area contributed by atoms with E-state index in [1.807, 2.05) is 0 Å². The maximum Gasteiger partial charge on any atom is 0.279 e. The molecule has 7 nitrogen and oxygen atoms in total. The first-order valence-corrected chi connectivity index (χ1v) is 7.99. The third-order valence-corrected chi connectivity index (χ3v) is 4.57. The molecular formula is C14H9BrN4O3S. The zero-order valence-electron chi connectivity index (χ0n) is 11.4. The highest BCUT2D eigenvalue weighted by Gasteiger charge is 2.15. The predicted molar refractivity (Wildman–Crippen MR) is 88.4 cm³/mol. The SMILES string of the molecule is O=C(NNC(=O)c1cnc2ccccn2c1=O)c1ccc(Br)s1. The fourth-order valence-corrected chi connectivity index (χ4v) is 3.14. The van der Waals surface area contributed by atoms with Gasteiger partial charge in [0.05, 0.1) is 8.66 Å². The largest absolute Gasteiger partial charge is 0.279 e. The van der Waals surface area contributed by atoms with Gasteiger partial charge in [-0.25, -0.2) is 4.98 Å². The molecule has 0 aliphatic heterocycles. The van der Waals surface area contributed by atoms with Crippen molar-refractivity contribution < 1.29 is 9.59 Å². The van der Waals surface area contributed by atoms with Crippen molar-refractivity contribution in [2.24, 2.45) is 0 Å². The molecule has 2 N–H and O–H groups in total. The number of pyridine rings is 1. The highest BCUT2D eigenvalue weighted by Crippen LogP contribution is 2.21. The number of hydrogen-bond donors (Lipinski definition) is 2. The number of fused-ring (bicyclic) bond motifs is 1. The maximum atomic E-state index is 12.2. The van der Waals surface area contributed by atoms with Gasteiger partial charge in [0.15, 0.2) is 0 Å². The van der Waals surface area contributed by atoms with Crippen LogP contribution in [0.4, 0.5) is 0 Å². The zero-order valence-corrected chi connectivity index (χ0v) is 13.8. The zero-order chi connectivity index (χ0) is 16.4. The summed E-state index contributed by atoms with van der Waals surface area (Å²) in [7, 11) is 0. The quantitative estimate of drug-likeness (QED) is 0.647. The topological polar surface area (TPSA) is 92.6 Å². The Balaban J connectivity index is 1.77. The molecule has 0 saturated carbocycles. The van der Waals surface area contributed by atoms with Crippen LogP contribution >= 0.6 is 27.3 Å². The first-order valence-electron chi connectivity index (χ1n) is 6.38. The van der Waals surface area contributed by atoms with Crippen LogP contribution in [0.5, 0.6) is 0 Å². The average molecular weight is 393 g/mol. The van der Waals surface area contributed by atoms with Gasteiger partial charge in [-0.1, -0.05) is 6.07 Å². The van der Waals surface area contributed by atoms with E-state index in [2.05, 4.69) is 31.8 Å². The smallest absolute Gasteiger partial charge is 0.268 e. The first kappa shape index (κ1) is 15.4. The Kier molecular flexibility index (Phi) is 4.22. The Morgan fingerprint density at radius 2 is 1.91 bits per heavy atom. The van der Waals surface area contributed by atoms with E-state index in [0.717, 1.165) is 3.79 Å². The molecule has 0 spiro atoms. The van der Waals surface area contributed by atoms with Gasteiger partial charge in [0.2, 0.25) is 0 Å². The van der Waals surface area contributed by atoms with Crippen LogP contribution in [0.1, 0.15) is 20.0 Å². The maximum absolute atomic E-state index is 12.2. The van der Waals surface area contributed by atoms with E-state index in [1.165, 1.54) is 28.1 Å². The summed E-state index contributed by atoms with van der Waals surface area (Å²) < 4.78 is 2.05. The van der Waals surface area contributed by atoms with Crippen molar-refractivity contribution in [2.75, 3.05) is 0 Å². The van der Waals surface area contributed by atoms with Crippen LogP contribution in [0.15, 0.2) is 51.3 Å². The van der Waals surface area contributed by atoms with Crippen LogP contribution in [0.3, 0.4) is 0 Å². The molecule has 0 bridgehead atoms. The van der Waals surface area contributed by atoms with Crippen molar-refractivity contribution in [1.29, 1.82) is 0 Å². The molecule has 3 rings (SSSR count). The van der Waals surface area contributed by atoms with E-state index in [0.29, 0.717) is 10.5 Å². The number of aromatic nitrogens is 2. The Bertz CT molecular complexity index is 966. The monoisotopic (exact) mass is 392 g/mol. The molecule has 0 unspecified atom stereocenters. The molecule has 2 amide bonds. The minimum absolute atomic E-state index is 0.165. The van der Waals surface area contributed by atoms with E-state index in [4.69, 9.17) is 0 Å². The summed E-state index contributed by atoms with van der Waals surface area (Å²) in [5.74, 6) is -1.20. The molecule has 0 saturated heterocycles. The first-order chi connectivity index (χ1) is 11.1. The van der Waals surface area contributed by atoms with Crippen LogP contribution in [0.25, 0.3) is 5.65 Å². The van der Waals surface area contributed by atoms with Crippen molar-refractivity contribution in [1.82, 2.24) is 20.2 Å². The second-order valence-corrected chi connectivity index (χ2v) is 6.88. The number of halogens is 1. The van der Waals surface area contributed by atoms with Crippen LogP contribution in [0, 0.1) is 0 Å². The van der Waals surface area contributed by atoms with Crippen LogP contribution < -0.4 is 16.4 Å². The predicted octanol–water partition coefficient (Wildman–Crippen LogP) is 1.59. The number of nitrogens with one attached hydrogen (secondary N) is 2. The summed E-state index contributed by atoms with van der Waals surface area (Å²) in [5, 5.41) is 0. The molecule has 23 heavy (non-hydrogen) atoms. The fourth-order valence-electron chi connectivity index (χ4n) is 1.86. The lowest BCUT2D eigenvalue weighted by atomic mass is 10.3. The van der Waals surface area contributed by atoms with Gasteiger partial charge in [0.25, 0.3) is 17.4 Å². The molecule has 3 aromatic heterocycles. The molecule has 116 valence electrons. The highest BCUT2D eigenvalue weighted by molar-refractivity contribution is 9.11. The van der Waals surface area contributed by atoms with Gasteiger partial charge in [0, 0.05) is 12.4 Å². The van der Waals surface area contributed by atoms with Gasteiger partial charge < -0.3 is 0 Å². The number of amides is 2. The van der Waals surface area contributed by atoms with Gasteiger partial charge in [-0.15, -0.1) is 11.3 Å². The van der Waals surface area contributed by atoms with Crippen LogP contribution in [0.2, 0.25) is 0 Å². The number of nitrogens with zero attached hydrogens (tertiary/aromatic N) is 2. The summed E-state index contributed by atoms with van der Waals surface area (Å²) >= 11 is 4.47. The van der Waals surface area contributed by atoms with E-state index in [-0.39, 0.29) is 5.56 Å². The molecular weight excluding hydrogens is 384 g/mol. The van der Waals surface area contributed by atoms with Gasteiger partial charge in [-0.2, -0.15) is 0 Å². The summed E-state index contributed by atoms with van der Waals surface area (Å²) in [5.41, 5.74) is 4.23. The van der Waals surface area contributed by atoms with Crippen molar-refractivity contribution in [3.8, 4) is 0 Å². The van der Waals surface area contributed by atoms with Crippen LogP contribution in [-0.2, 0) is 0 Å². The summed E-state index contributed by atoms with van der Waals surface area (Å²) in [6.07, 6.45) is 2.70. The number of thiophene rings is 1. The van der Waals surface area contributed by atoms with Crippen molar-refractivity contribution >= 4 is 44.7 Å². The Labute approximate surface area is 142 Å². The highest BCUT2D eigenvalue weighted by atomic mass is 79.9. The average Bonchev–Trinajstić information content (AvgIpc) is 2.99. The molecule has 0 aliphatic carbocycles. The molecule has 0 atom stereocenters. The molecule has 0 fully saturated rings. The normalized spacial score (nSPS) is 10.5. The van der Waals surface area contributed by atoms with Gasteiger partial charge in [0.1, 0.15) is 11.2 Å². The number of rotatable bonds is 2. The number of carbonyl (C=O) groups is 2. The van der Waals surface area contributed by atoms with Gasteiger partial charge in [-0.05, 0) is 40.2 Å². The fraction of sp³-hybridized carbons (Fsp3) is 0. The second kappa shape index (κ2) is 6.31. The summed E-state index contributed by atoms with van der Waals surface area (Å²) in [6.45, 7) is 0. The Morgan fingerprint density at radius 1 is 1.13 bits per heavy atom. The minimum atomic E-state index is -0.732. The van der Waals surface area contributed by atoms with Crippen LogP contribution in [-0.4, -0.2) is 21.2 Å². The molecule has 9 heteroatoms. The molecule has 3 aromatic rings. The third-order valence-electron chi connectivity index (χ3n) is 2.94. The molecule has 0 aliphatic rings. The lowest BCUT2D eigenvalue weighted by Gasteiger charge is -2.06. The second-order valence-electron chi connectivity index (χ2n) is 4.42. The van der Waals surface area contributed by atoms with E-state index in [9.17, 15) is 14.4 Å². The van der Waals surface area contributed by atoms with Gasteiger partial charge >= 0.3 is 0 Å². The summed E-state index contributed by atoms with van der Waals surface area (Å²) in [6, 6.07) is 8.39. The summed E-state index contributed by atoms with van der Waals surface area (Å²) in [4.78, 5) is 40.6. The molecule has 0 aromatic carbocycles. The lowest BCUT2D eigenvalue weighted by molar-refractivity contribution is 0.0847. The Hall–Kier alpha value is -2.52. The van der Waals surface area contributed by atoms with Crippen molar-refractivity contribution in [3.05, 3.63) is 67.3 Å². The lowest BCUT2D eigenvalue weighted by Crippen LogP contribution is -2.43. The van der Waals surface area contributed by atoms with E-state index < -0.39 is 17.4 Å². The van der Waals surface area contributed by atoms with E-state index >= 15 is 0 Å². The molecule has 0 radical (unpaired) electrons. The van der Waals surface area contributed by atoms with Crippen molar-refractivity contribution in [3.63, 3.8) is 0 Å². The number of carbonyl (C=O) groups excluding carboxylic acids is 2. The van der Waals surface area contributed by atoms with Crippen molar-refractivity contribution in [2.45, 2.75) is 0 Å². The standard InChI is InChI=1S/C14H9BrN4O3S/c15-10-5-4-9(23-10)13(21)18-17-12(20)8-7-16-11-3-1-2-6-19(11)14(8)22/h1-7H,(H,17,20)(H,18,21). The number of hydrogen-bond acceptors (Lipinski definition) is 5. The van der Waals surface area contributed by atoms with Gasteiger partial charge in [-0.3, -0.25) is 29.6 Å². The Morgan fingerprint density at radius 3 is 2.65 bits per heavy atom. The number of hydrazine groups is 1. The minimum Gasteiger partial charge on any atom is -0.268 e. The van der Waals surface area contributed by atoms with E-state index in [1.54, 1.807) is 30.3 Å². The third kappa shape index (κ3) is 3.15. The molecule has 3 heterocycles.